The Bertz CT molecular complexity index is 605. The van der Waals surface area contributed by atoms with Crippen LogP contribution in [0.25, 0.3) is 0 Å². The lowest BCUT2D eigenvalue weighted by atomic mass is 10.1. The smallest absolute Gasteiger partial charge is 0.179 e. The summed E-state index contributed by atoms with van der Waals surface area (Å²) in [5.74, 6) is 0.478. The van der Waals surface area contributed by atoms with Crippen molar-refractivity contribution in [3.05, 3.63) is 29.8 Å². The molecule has 1 fully saturated rings. The third-order valence-electron chi connectivity index (χ3n) is 3.84. The maximum Gasteiger partial charge on any atom is 0.179 e. The molecule has 1 aliphatic carbocycles. The van der Waals surface area contributed by atoms with Crippen molar-refractivity contribution in [2.75, 3.05) is 18.8 Å². The number of aliphatic hydroxyl groups excluding tert-OH is 1. The van der Waals surface area contributed by atoms with E-state index >= 15 is 0 Å². The first-order chi connectivity index (χ1) is 10.0. The summed E-state index contributed by atoms with van der Waals surface area (Å²) >= 11 is 0. The van der Waals surface area contributed by atoms with Gasteiger partial charge in [-0.25, -0.2) is 8.42 Å². The standard InChI is InChI=1S/C15H20N2O3S/c16-10-12-2-5-15(6-3-12)21(19,20)8-7-17-11-13-1-4-14(18)9-13/h2-3,5-6,13-14,17-18H,1,4,7-9,11H2. The van der Waals surface area contributed by atoms with Gasteiger partial charge in [0.2, 0.25) is 0 Å². The summed E-state index contributed by atoms with van der Waals surface area (Å²) in [6.45, 7) is 1.15. The normalized spacial score (nSPS) is 22.1. The van der Waals surface area contributed by atoms with Gasteiger partial charge in [0.05, 0.1) is 28.4 Å². The zero-order chi connectivity index (χ0) is 15.3. The fourth-order valence-corrected chi connectivity index (χ4v) is 3.80. The van der Waals surface area contributed by atoms with Crippen LogP contribution in [0.4, 0.5) is 0 Å². The lowest BCUT2D eigenvalue weighted by molar-refractivity contribution is 0.177. The molecule has 0 spiro atoms. The molecule has 0 amide bonds. The number of sulfone groups is 1. The number of hydrogen-bond donors (Lipinski definition) is 2. The van der Waals surface area contributed by atoms with Gasteiger partial charge in [-0.1, -0.05) is 0 Å². The summed E-state index contributed by atoms with van der Waals surface area (Å²) in [7, 11) is -3.31. The molecule has 1 aromatic carbocycles. The first-order valence-electron chi connectivity index (χ1n) is 7.13. The molecule has 0 bridgehead atoms. The summed E-state index contributed by atoms with van der Waals surface area (Å²) in [6, 6.07) is 7.94. The van der Waals surface area contributed by atoms with Gasteiger partial charge >= 0.3 is 0 Å². The molecule has 2 rings (SSSR count). The largest absolute Gasteiger partial charge is 0.393 e. The molecule has 1 saturated carbocycles. The van der Waals surface area contributed by atoms with Gasteiger partial charge in [-0.2, -0.15) is 5.26 Å². The van der Waals surface area contributed by atoms with E-state index in [0.717, 1.165) is 25.8 Å². The maximum atomic E-state index is 12.1. The number of nitriles is 1. The molecule has 2 atom stereocenters. The molecule has 0 radical (unpaired) electrons. The molecule has 2 unspecified atom stereocenters. The minimum Gasteiger partial charge on any atom is -0.393 e. The van der Waals surface area contributed by atoms with Gasteiger partial charge < -0.3 is 10.4 Å². The van der Waals surface area contributed by atoms with Crippen LogP contribution in [-0.4, -0.2) is 38.5 Å². The van der Waals surface area contributed by atoms with E-state index in [0.29, 0.717) is 18.0 Å². The molecule has 0 saturated heterocycles. The number of aliphatic hydroxyl groups is 1. The van der Waals surface area contributed by atoms with Gasteiger partial charge in [0.25, 0.3) is 0 Å². The fourth-order valence-electron chi connectivity index (χ4n) is 2.60. The number of rotatable bonds is 6. The highest BCUT2D eigenvalue weighted by molar-refractivity contribution is 7.91. The molecular formula is C15H20N2O3S. The highest BCUT2D eigenvalue weighted by Gasteiger charge is 2.22. The van der Waals surface area contributed by atoms with E-state index < -0.39 is 9.84 Å². The lowest BCUT2D eigenvalue weighted by Gasteiger charge is -2.11. The van der Waals surface area contributed by atoms with Gasteiger partial charge in [-0.15, -0.1) is 0 Å². The van der Waals surface area contributed by atoms with E-state index in [-0.39, 0.29) is 16.8 Å². The predicted octanol–water partition coefficient (Wildman–Crippen LogP) is 1.08. The maximum absolute atomic E-state index is 12.1. The van der Waals surface area contributed by atoms with Crippen molar-refractivity contribution in [3.8, 4) is 6.07 Å². The van der Waals surface area contributed by atoms with E-state index in [1.807, 2.05) is 6.07 Å². The summed E-state index contributed by atoms with van der Waals surface area (Å²) in [5.41, 5.74) is 0.451. The molecule has 21 heavy (non-hydrogen) atoms. The summed E-state index contributed by atoms with van der Waals surface area (Å²) in [4.78, 5) is 0.250. The Labute approximate surface area is 125 Å². The van der Waals surface area contributed by atoms with Crippen molar-refractivity contribution in [3.63, 3.8) is 0 Å². The Balaban J connectivity index is 1.79. The highest BCUT2D eigenvalue weighted by atomic mass is 32.2. The molecule has 5 nitrogen and oxygen atoms in total. The number of benzene rings is 1. The summed E-state index contributed by atoms with van der Waals surface area (Å²) in [5, 5.41) is 21.3. The predicted molar refractivity (Wildman–Crippen MR) is 79.4 cm³/mol. The van der Waals surface area contributed by atoms with E-state index in [9.17, 15) is 13.5 Å². The van der Waals surface area contributed by atoms with Gasteiger partial charge in [0.15, 0.2) is 9.84 Å². The second kappa shape index (κ2) is 7.03. The minimum absolute atomic E-state index is 0.0359. The van der Waals surface area contributed by atoms with Crippen molar-refractivity contribution >= 4 is 9.84 Å². The van der Waals surface area contributed by atoms with Crippen molar-refractivity contribution < 1.29 is 13.5 Å². The molecule has 1 aromatic rings. The molecule has 0 aromatic heterocycles. The molecule has 114 valence electrons. The lowest BCUT2D eigenvalue weighted by Crippen LogP contribution is -2.27. The monoisotopic (exact) mass is 308 g/mol. The first-order valence-corrected chi connectivity index (χ1v) is 8.78. The molecule has 6 heteroatoms. The molecule has 1 aliphatic rings. The molecular weight excluding hydrogens is 288 g/mol. The van der Waals surface area contributed by atoms with Crippen LogP contribution in [0.15, 0.2) is 29.2 Å². The van der Waals surface area contributed by atoms with E-state index in [1.54, 1.807) is 0 Å². The van der Waals surface area contributed by atoms with Crippen LogP contribution >= 0.6 is 0 Å². The third kappa shape index (κ3) is 4.53. The van der Waals surface area contributed by atoms with Crippen LogP contribution in [-0.2, 0) is 9.84 Å². The van der Waals surface area contributed by atoms with Crippen LogP contribution in [0.2, 0.25) is 0 Å². The second-order valence-electron chi connectivity index (χ2n) is 5.49. The molecule has 0 aliphatic heterocycles. The average molecular weight is 308 g/mol. The summed E-state index contributed by atoms with van der Waals surface area (Å²) < 4.78 is 24.2. The van der Waals surface area contributed by atoms with Crippen molar-refractivity contribution in [1.82, 2.24) is 5.32 Å². The van der Waals surface area contributed by atoms with Gasteiger partial charge in [-0.05, 0) is 56.0 Å². The van der Waals surface area contributed by atoms with Crippen molar-refractivity contribution in [2.24, 2.45) is 5.92 Å². The number of nitrogens with zero attached hydrogens (tertiary/aromatic N) is 1. The Morgan fingerprint density at radius 1 is 1.29 bits per heavy atom. The quantitative estimate of drug-likeness (QED) is 0.768. The van der Waals surface area contributed by atoms with Crippen LogP contribution < -0.4 is 5.32 Å². The topological polar surface area (TPSA) is 90.2 Å². The van der Waals surface area contributed by atoms with Crippen molar-refractivity contribution in [2.45, 2.75) is 30.3 Å². The van der Waals surface area contributed by atoms with Crippen LogP contribution in [0.5, 0.6) is 0 Å². The Hall–Kier alpha value is -1.42. The van der Waals surface area contributed by atoms with Crippen molar-refractivity contribution in [1.29, 1.82) is 5.26 Å². The second-order valence-corrected chi connectivity index (χ2v) is 7.60. The first kappa shape index (κ1) is 16.0. The SMILES string of the molecule is N#Cc1ccc(S(=O)(=O)CCNCC2CCC(O)C2)cc1. The third-order valence-corrected chi connectivity index (χ3v) is 5.57. The van der Waals surface area contributed by atoms with Gasteiger partial charge in [0.1, 0.15) is 0 Å². The van der Waals surface area contributed by atoms with E-state index in [2.05, 4.69) is 5.32 Å². The van der Waals surface area contributed by atoms with Gasteiger partial charge in [-0.3, -0.25) is 0 Å². The summed E-state index contributed by atoms with van der Waals surface area (Å²) in [6.07, 6.45) is 2.45. The van der Waals surface area contributed by atoms with Crippen LogP contribution in [0, 0.1) is 17.2 Å². The Morgan fingerprint density at radius 2 is 2.00 bits per heavy atom. The average Bonchev–Trinajstić information content (AvgIpc) is 2.89. The highest BCUT2D eigenvalue weighted by Crippen LogP contribution is 2.24. The van der Waals surface area contributed by atoms with Gasteiger partial charge in [0, 0.05) is 6.54 Å². The van der Waals surface area contributed by atoms with E-state index in [4.69, 9.17) is 5.26 Å². The Morgan fingerprint density at radius 3 is 2.57 bits per heavy atom. The number of hydrogen-bond acceptors (Lipinski definition) is 5. The Kier molecular flexibility index (Phi) is 5.34. The fraction of sp³-hybridized carbons (Fsp3) is 0.533. The minimum atomic E-state index is -3.31. The van der Waals surface area contributed by atoms with E-state index in [1.165, 1.54) is 24.3 Å². The van der Waals surface area contributed by atoms with Crippen LogP contribution in [0.3, 0.4) is 0 Å². The molecule has 2 N–H and O–H groups in total. The van der Waals surface area contributed by atoms with Crippen LogP contribution in [0.1, 0.15) is 24.8 Å². The zero-order valence-electron chi connectivity index (χ0n) is 11.8. The molecule has 0 heterocycles. The zero-order valence-corrected chi connectivity index (χ0v) is 12.6. The number of nitrogens with one attached hydrogen (secondary N) is 1.